The maximum atomic E-state index is 13.5. The van der Waals surface area contributed by atoms with Crippen molar-refractivity contribution in [2.24, 2.45) is 0 Å². The summed E-state index contributed by atoms with van der Waals surface area (Å²) in [6.07, 6.45) is 0.210. The molecule has 2 aromatic rings. The molecule has 1 saturated heterocycles. The molecule has 0 radical (unpaired) electrons. The molecule has 1 aliphatic rings. The molecule has 2 N–H and O–H groups in total. The highest BCUT2D eigenvalue weighted by molar-refractivity contribution is 5.21. The second kappa shape index (κ2) is 5.26. The molecule has 0 bridgehead atoms. The molecule has 2 heterocycles. The molecule has 1 aromatic carbocycles. The molecule has 2 atom stereocenters. The van der Waals surface area contributed by atoms with Crippen LogP contribution in [0.25, 0.3) is 0 Å². The zero-order valence-corrected chi connectivity index (χ0v) is 10.5. The van der Waals surface area contributed by atoms with Crippen LogP contribution in [0.1, 0.15) is 29.7 Å². The van der Waals surface area contributed by atoms with Gasteiger partial charge in [0, 0.05) is 19.0 Å². The molecule has 1 aromatic heterocycles. The second-order valence-electron chi connectivity index (χ2n) is 4.81. The lowest BCUT2D eigenvalue weighted by atomic mass is 10.1. The summed E-state index contributed by atoms with van der Waals surface area (Å²) in [7, 11) is 0. The minimum Gasteiger partial charge on any atom is -0.392 e. The van der Waals surface area contributed by atoms with Gasteiger partial charge in [0.15, 0.2) is 5.82 Å². The topological polar surface area (TPSA) is 71.2 Å². The monoisotopic (exact) mass is 281 g/mol. The Bertz CT molecular complexity index is 617. The Balaban J connectivity index is 1.74. The number of aromatic nitrogens is 2. The van der Waals surface area contributed by atoms with Gasteiger partial charge in [-0.3, -0.25) is 0 Å². The smallest absolute Gasteiger partial charge is 0.243 e. The molecule has 5 nitrogen and oxygen atoms in total. The minimum absolute atomic E-state index is 0.130. The lowest BCUT2D eigenvalue weighted by molar-refractivity contribution is 0.191. The van der Waals surface area contributed by atoms with Gasteiger partial charge < -0.3 is 14.9 Å². The van der Waals surface area contributed by atoms with Gasteiger partial charge in [-0.15, -0.1) is 0 Å². The number of halogens is 2. The molecule has 3 rings (SSSR count). The summed E-state index contributed by atoms with van der Waals surface area (Å²) >= 11 is 0. The Morgan fingerprint density at radius 1 is 1.40 bits per heavy atom. The van der Waals surface area contributed by atoms with Crippen molar-refractivity contribution in [1.29, 1.82) is 0 Å². The van der Waals surface area contributed by atoms with Crippen LogP contribution in [-0.2, 0) is 6.42 Å². The molecule has 106 valence electrons. The fourth-order valence-corrected chi connectivity index (χ4v) is 2.22. The first-order valence-electron chi connectivity index (χ1n) is 6.29. The van der Waals surface area contributed by atoms with E-state index >= 15 is 0 Å². The van der Waals surface area contributed by atoms with Crippen LogP contribution in [0.3, 0.4) is 0 Å². The van der Waals surface area contributed by atoms with Crippen LogP contribution in [-0.4, -0.2) is 27.9 Å². The average molecular weight is 281 g/mol. The Kier molecular flexibility index (Phi) is 3.45. The predicted octanol–water partition coefficient (Wildman–Crippen LogP) is 1.33. The molecule has 1 aliphatic heterocycles. The predicted molar refractivity (Wildman–Crippen MR) is 64.8 cm³/mol. The first-order chi connectivity index (χ1) is 9.61. The van der Waals surface area contributed by atoms with Crippen LogP contribution in [0.15, 0.2) is 22.7 Å². The van der Waals surface area contributed by atoms with Gasteiger partial charge in [-0.25, -0.2) is 8.78 Å². The van der Waals surface area contributed by atoms with E-state index in [1.165, 1.54) is 12.1 Å². The van der Waals surface area contributed by atoms with E-state index in [-0.39, 0.29) is 12.5 Å². The van der Waals surface area contributed by atoms with Gasteiger partial charge in [-0.1, -0.05) is 11.2 Å². The molecule has 1 fully saturated rings. The van der Waals surface area contributed by atoms with Gasteiger partial charge in [-0.05, 0) is 18.1 Å². The number of aliphatic hydroxyl groups is 1. The van der Waals surface area contributed by atoms with Crippen molar-refractivity contribution < 1.29 is 18.4 Å². The standard InChI is InChI=1S/C13H13F2N3O2/c14-8-2-1-7(10(15)4-8)3-12-17-13(20-18-12)11-5-9(19)6-16-11/h1-2,4,9,11,16,19H,3,5-6H2/t9?,11-/m0/s1. The molecule has 0 spiro atoms. The Morgan fingerprint density at radius 3 is 2.95 bits per heavy atom. The third kappa shape index (κ3) is 2.68. The lowest BCUT2D eigenvalue weighted by Gasteiger charge is -2.01. The average Bonchev–Trinajstić information content (AvgIpc) is 3.02. The van der Waals surface area contributed by atoms with E-state index in [4.69, 9.17) is 4.52 Å². The number of nitrogens with one attached hydrogen (secondary N) is 1. The van der Waals surface area contributed by atoms with Gasteiger partial charge in [0.05, 0.1) is 12.1 Å². The van der Waals surface area contributed by atoms with E-state index in [1.807, 2.05) is 0 Å². The molecule has 7 heteroatoms. The van der Waals surface area contributed by atoms with E-state index in [9.17, 15) is 13.9 Å². The largest absolute Gasteiger partial charge is 0.392 e. The molecule has 0 saturated carbocycles. The quantitative estimate of drug-likeness (QED) is 0.888. The summed E-state index contributed by atoms with van der Waals surface area (Å²) in [5.74, 6) is -0.553. The number of nitrogens with zero attached hydrogens (tertiary/aromatic N) is 2. The number of hydrogen-bond donors (Lipinski definition) is 2. The number of benzene rings is 1. The Morgan fingerprint density at radius 2 is 2.25 bits per heavy atom. The summed E-state index contributed by atoms with van der Waals surface area (Å²) in [5.41, 5.74) is 0.304. The van der Waals surface area contributed by atoms with Gasteiger partial charge >= 0.3 is 0 Å². The molecular formula is C13H13F2N3O2. The summed E-state index contributed by atoms with van der Waals surface area (Å²) < 4.78 is 31.4. The van der Waals surface area contributed by atoms with Crippen molar-refractivity contribution in [2.75, 3.05) is 6.54 Å². The maximum Gasteiger partial charge on any atom is 0.243 e. The summed E-state index contributed by atoms with van der Waals surface area (Å²) in [6.45, 7) is 0.481. The van der Waals surface area contributed by atoms with Crippen LogP contribution in [0, 0.1) is 11.6 Å². The Labute approximate surface area is 113 Å². The van der Waals surface area contributed by atoms with Crippen molar-refractivity contribution >= 4 is 0 Å². The van der Waals surface area contributed by atoms with Gasteiger partial charge in [0.1, 0.15) is 11.6 Å². The van der Waals surface area contributed by atoms with E-state index in [0.29, 0.717) is 30.2 Å². The highest BCUT2D eigenvalue weighted by atomic mass is 19.1. The van der Waals surface area contributed by atoms with Gasteiger partial charge in [0.25, 0.3) is 0 Å². The van der Waals surface area contributed by atoms with Crippen molar-refractivity contribution in [1.82, 2.24) is 15.5 Å². The summed E-state index contributed by atoms with van der Waals surface area (Å²) in [5, 5.41) is 16.3. The lowest BCUT2D eigenvalue weighted by Crippen LogP contribution is -2.15. The van der Waals surface area contributed by atoms with Crippen LogP contribution in [0.4, 0.5) is 8.78 Å². The molecule has 20 heavy (non-hydrogen) atoms. The zero-order chi connectivity index (χ0) is 14.1. The van der Waals surface area contributed by atoms with E-state index < -0.39 is 17.7 Å². The molecule has 0 aliphatic carbocycles. The summed E-state index contributed by atoms with van der Waals surface area (Å²) in [4.78, 5) is 4.17. The zero-order valence-electron chi connectivity index (χ0n) is 10.5. The number of β-amino-alcohol motifs (C(OH)–C–C–N with tert-alkyl or cyclic N) is 1. The normalized spacial score (nSPS) is 22.4. The van der Waals surface area contributed by atoms with Crippen molar-refractivity contribution in [2.45, 2.75) is 25.0 Å². The van der Waals surface area contributed by atoms with Crippen LogP contribution in [0.2, 0.25) is 0 Å². The molecule has 1 unspecified atom stereocenters. The summed E-state index contributed by atoms with van der Waals surface area (Å²) in [6, 6.07) is 3.20. The number of aliphatic hydroxyl groups excluding tert-OH is 1. The van der Waals surface area contributed by atoms with E-state index in [0.717, 1.165) is 6.07 Å². The number of rotatable bonds is 3. The highest BCUT2D eigenvalue weighted by Crippen LogP contribution is 2.22. The first-order valence-corrected chi connectivity index (χ1v) is 6.29. The van der Waals surface area contributed by atoms with Crippen molar-refractivity contribution in [3.63, 3.8) is 0 Å². The van der Waals surface area contributed by atoms with Gasteiger partial charge in [-0.2, -0.15) is 4.98 Å². The third-order valence-electron chi connectivity index (χ3n) is 3.25. The fraction of sp³-hybridized carbons (Fsp3) is 0.385. The SMILES string of the molecule is OC1CN[C@H](c2nc(Cc3ccc(F)cc3F)no2)C1. The molecule has 0 amide bonds. The van der Waals surface area contributed by atoms with Crippen LogP contribution in [0.5, 0.6) is 0 Å². The van der Waals surface area contributed by atoms with Crippen LogP contribution >= 0.6 is 0 Å². The molecular weight excluding hydrogens is 268 g/mol. The first kappa shape index (κ1) is 13.1. The third-order valence-corrected chi connectivity index (χ3v) is 3.25. The second-order valence-corrected chi connectivity index (χ2v) is 4.81. The minimum atomic E-state index is -0.634. The van der Waals surface area contributed by atoms with E-state index in [1.54, 1.807) is 0 Å². The Hall–Kier alpha value is -1.86. The van der Waals surface area contributed by atoms with Crippen LogP contribution < -0.4 is 5.32 Å². The maximum absolute atomic E-state index is 13.5. The van der Waals surface area contributed by atoms with Gasteiger partial charge in [0.2, 0.25) is 5.89 Å². The fourth-order valence-electron chi connectivity index (χ4n) is 2.22. The van der Waals surface area contributed by atoms with Crippen molar-refractivity contribution in [3.05, 3.63) is 47.1 Å². The highest BCUT2D eigenvalue weighted by Gasteiger charge is 2.28. The van der Waals surface area contributed by atoms with Crippen molar-refractivity contribution in [3.8, 4) is 0 Å². The van der Waals surface area contributed by atoms with E-state index in [2.05, 4.69) is 15.5 Å². The number of hydrogen-bond acceptors (Lipinski definition) is 5.